The maximum Gasteiger partial charge on any atom is 0.244 e. The summed E-state index contributed by atoms with van der Waals surface area (Å²) in [5.74, 6) is -12.9. The normalized spacial score (nSPS) is 16.1. The van der Waals surface area contributed by atoms with Crippen LogP contribution >= 0.6 is 69.6 Å². The summed E-state index contributed by atoms with van der Waals surface area (Å²) < 4.78 is 0. The first kappa shape index (κ1) is 45.3. The summed E-state index contributed by atoms with van der Waals surface area (Å²) in [4.78, 5) is 70.6. The number of aromatic amines is 2. The number of ketones is 6. The fraction of sp³-hybridized carbons (Fsp3) is 0.125. The van der Waals surface area contributed by atoms with E-state index in [4.69, 9.17) is 90.0 Å². The number of carbonyl (C=O) groups excluding carboxylic acids is 6. The average molecular weight is 841 g/mol. The molecule has 0 saturated carbocycles. The largest absolute Gasteiger partial charge is 0.869 e. The first-order valence-electron chi connectivity index (χ1n) is 13.6. The molecule has 52 heavy (non-hydrogen) atoms. The molecule has 0 spiro atoms. The molecule has 0 bridgehead atoms. The van der Waals surface area contributed by atoms with Gasteiger partial charge in [-0.3, -0.25) is 28.8 Å². The number of hydrogen-bond acceptors (Lipinski definition) is 12. The molecular weight excluding hydrogens is 817 g/mol. The van der Waals surface area contributed by atoms with Gasteiger partial charge in [0.2, 0.25) is 23.1 Å². The number of aromatic nitrogens is 2. The molecule has 2 aromatic rings. The van der Waals surface area contributed by atoms with Crippen LogP contribution in [0.2, 0.25) is 0 Å². The zero-order chi connectivity index (χ0) is 40.4. The lowest BCUT2D eigenvalue weighted by Crippen LogP contribution is -2.26. The van der Waals surface area contributed by atoms with Crippen molar-refractivity contribution in [3.8, 4) is 0 Å². The Morgan fingerprint density at radius 2 is 0.596 bits per heavy atom. The predicted octanol–water partition coefficient (Wildman–Crippen LogP) is 3.30. The summed E-state index contributed by atoms with van der Waals surface area (Å²) in [6.45, 7) is 8.29. The Labute approximate surface area is 323 Å². The molecule has 6 N–H and O–H groups in total. The van der Waals surface area contributed by atoms with Gasteiger partial charge in [0.15, 0.2) is 59.4 Å². The van der Waals surface area contributed by atoms with E-state index >= 15 is 0 Å². The fourth-order valence-electron chi connectivity index (χ4n) is 3.34. The van der Waals surface area contributed by atoms with Crippen molar-refractivity contribution in [2.24, 2.45) is 0 Å². The second-order valence-electron chi connectivity index (χ2n) is 10.1. The molecule has 3 aliphatic rings. The molecule has 0 saturated heterocycles. The van der Waals surface area contributed by atoms with Crippen LogP contribution in [0, 0.1) is 27.7 Å². The number of H-pyrrole nitrogens is 2. The van der Waals surface area contributed by atoms with Gasteiger partial charge in [-0.15, -0.1) is 0 Å². The number of allylic oxidation sites excluding steroid dienone is 6. The van der Waals surface area contributed by atoms with Crippen LogP contribution in [0.5, 0.6) is 0 Å². The molecule has 2 aromatic heterocycles. The van der Waals surface area contributed by atoms with E-state index in [2.05, 4.69) is 49.8 Å². The third-order valence-corrected chi connectivity index (χ3v) is 7.94. The van der Waals surface area contributed by atoms with E-state index in [-0.39, 0.29) is 0 Å². The Bertz CT molecular complexity index is 1640. The van der Waals surface area contributed by atoms with Crippen LogP contribution in [0.4, 0.5) is 0 Å². The van der Waals surface area contributed by atoms with Crippen LogP contribution in [-0.4, -0.2) is 55.1 Å². The Hall–Kier alpha value is -4.70. The highest BCUT2D eigenvalue weighted by atomic mass is 35.5. The van der Waals surface area contributed by atoms with E-state index in [9.17, 15) is 39.0 Å². The Morgan fingerprint density at radius 3 is 0.788 bits per heavy atom. The van der Waals surface area contributed by atoms with Crippen LogP contribution in [-0.2, 0) is 28.8 Å². The highest BCUT2D eigenvalue weighted by Crippen LogP contribution is 2.27. The van der Waals surface area contributed by atoms with Gasteiger partial charge in [-0.1, -0.05) is 69.6 Å². The molecule has 276 valence electrons. The maximum atomic E-state index is 10.8. The van der Waals surface area contributed by atoms with Crippen LogP contribution in [0.3, 0.4) is 0 Å². The van der Waals surface area contributed by atoms with Crippen molar-refractivity contribution < 1.29 is 69.4 Å². The van der Waals surface area contributed by atoms with Crippen molar-refractivity contribution in [3.63, 3.8) is 0 Å². The molecule has 0 amide bonds. The lowest BCUT2D eigenvalue weighted by Gasteiger charge is -2.17. The van der Waals surface area contributed by atoms with Gasteiger partial charge < -0.3 is 30.6 Å². The minimum absolute atomic E-state index is 0.720. The van der Waals surface area contributed by atoms with Crippen LogP contribution in [0.15, 0.2) is 102 Å². The molecule has 5 rings (SSSR count). The van der Waals surface area contributed by atoms with Crippen molar-refractivity contribution in [1.82, 2.24) is 0 Å². The number of rotatable bonds is 0. The first-order valence-corrected chi connectivity index (χ1v) is 15.9. The zero-order valence-electron chi connectivity index (χ0n) is 26.8. The Morgan fingerprint density at radius 1 is 0.404 bits per heavy atom. The topological polar surface area (TPSA) is 258 Å². The summed E-state index contributed by atoms with van der Waals surface area (Å²) in [6, 6.07) is 4.27. The van der Waals surface area contributed by atoms with E-state index in [1.165, 1.54) is 22.3 Å². The first-order chi connectivity index (χ1) is 24.0. The number of nitrogens with one attached hydrogen (secondary N) is 2. The minimum Gasteiger partial charge on any atom is -0.869 e. The standard InChI is InChI=1S/2C7H9N.3C6H2Cl2O4/c2*1-6-3-7(2)5-8-4-6;3*7-1-3(9)5(11)2(8)6(12)4(1)10/h2*3-5H,1-2H3;3*9,12H. The van der Waals surface area contributed by atoms with E-state index in [0.717, 1.165) is 0 Å². The summed E-state index contributed by atoms with van der Waals surface area (Å²) in [5, 5.41) is 52.1. The van der Waals surface area contributed by atoms with E-state index in [0.29, 0.717) is 0 Å². The molecule has 14 nitrogen and oxygen atoms in total. The zero-order valence-corrected chi connectivity index (χ0v) is 31.3. The molecule has 2 heterocycles. The number of Topliss-reactive ketones (excluding diaryl/α,β-unsaturated/α-hetero) is 6. The van der Waals surface area contributed by atoms with Crippen molar-refractivity contribution in [3.05, 3.63) is 124 Å². The smallest absolute Gasteiger partial charge is 0.244 e. The SMILES string of the molecule is Cc1c[nH+]cc(C)c1.Cc1c[nH+]cc(C)c1.O=C1C(O)=C(Cl)C(=O)C(O)=C1Cl.O=C1C(O)=C(Cl)C(=O)C([O-])=C1Cl.O=C1C(O)=C(Cl)C(=O)C([O-])=C1Cl. The Kier molecular flexibility index (Phi) is 17.2. The van der Waals surface area contributed by atoms with E-state index < -0.39 is 99.4 Å². The monoisotopic (exact) mass is 838 g/mol. The summed E-state index contributed by atoms with van der Waals surface area (Å²) in [5.41, 5.74) is 5.13. The highest BCUT2D eigenvalue weighted by Gasteiger charge is 2.33. The number of halogens is 6. The number of hydrogen-bond donors (Lipinski definition) is 4. The Balaban J connectivity index is 0.000000329. The average Bonchev–Trinajstić information content (AvgIpc) is 3.11. The molecule has 20 heteroatoms. The van der Waals surface area contributed by atoms with Crippen molar-refractivity contribution in [2.45, 2.75) is 27.7 Å². The predicted molar refractivity (Wildman–Crippen MR) is 183 cm³/mol. The second-order valence-corrected chi connectivity index (χ2v) is 12.4. The molecular formula is C32H24Cl6N2O12. The molecule has 0 fully saturated rings. The number of aliphatic hydroxyl groups excluding tert-OH is 4. The van der Waals surface area contributed by atoms with Gasteiger partial charge in [0.25, 0.3) is 0 Å². The van der Waals surface area contributed by atoms with Gasteiger partial charge in [0.1, 0.15) is 20.1 Å². The van der Waals surface area contributed by atoms with Gasteiger partial charge >= 0.3 is 0 Å². The van der Waals surface area contributed by atoms with Crippen molar-refractivity contribution in [1.29, 1.82) is 0 Å². The fourth-order valence-corrected chi connectivity index (χ4v) is 4.39. The lowest BCUT2D eigenvalue weighted by molar-refractivity contribution is -0.379. The molecule has 0 atom stereocenters. The molecule has 0 unspecified atom stereocenters. The molecule has 0 radical (unpaired) electrons. The van der Waals surface area contributed by atoms with Gasteiger partial charge in [0, 0.05) is 22.3 Å². The summed E-state index contributed by atoms with van der Waals surface area (Å²) >= 11 is 30.9. The van der Waals surface area contributed by atoms with Gasteiger partial charge in [-0.05, 0) is 51.3 Å². The minimum atomic E-state index is -1.19. The summed E-state index contributed by atoms with van der Waals surface area (Å²) in [6.07, 6.45) is 7.92. The van der Waals surface area contributed by atoms with E-state index in [1.807, 2.05) is 24.8 Å². The lowest BCUT2D eigenvalue weighted by atomic mass is 10.1. The van der Waals surface area contributed by atoms with Gasteiger partial charge in [-0.25, -0.2) is 9.97 Å². The molecule has 3 aliphatic carbocycles. The maximum absolute atomic E-state index is 10.8. The quantitative estimate of drug-likeness (QED) is 0.279. The molecule has 0 aromatic carbocycles. The number of pyridine rings is 2. The number of aryl methyl sites for hydroxylation is 4. The number of aliphatic hydroxyl groups is 4. The third kappa shape index (κ3) is 11.7. The van der Waals surface area contributed by atoms with Crippen LogP contribution in [0.25, 0.3) is 0 Å². The van der Waals surface area contributed by atoms with Crippen LogP contribution in [0.1, 0.15) is 22.3 Å². The van der Waals surface area contributed by atoms with Crippen LogP contribution < -0.4 is 20.2 Å². The highest BCUT2D eigenvalue weighted by molar-refractivity contribution is 6.56. The van der Waals surface area contributed by atoms with Gasteiger partial charge in [-0.2, -0.15) is 0 Å². The number of carbonyl (C=O) groups is 6. The molecule has 0 aliphatic heterocycles. The van der Waals surface area contributed by atoms with Crippen molar-refractivity contribution in [2.75, 3.05) is 0 Å². The van der Waals surface area contributed by atoms with E-state index in [1.54, 1.807) is 0 Å². The second kappa shape index (κ2) is 19.8. The summed E-state index contributed by atoms with van der Waals surface area (Å²) in [7, 11) is 0. The van der Waals surface area contributed by atoms with Crippen molar-refractivity contribution >= 4 is 104 Å². The third-order valence-electron chi connectivity index (χ3n) is 5.85. The van der Waals surface area contributed by atoms with Gasteiger partial charge in [0.05, 0.1) is 10.1 Å².